The molecular formula is C19H30ClNO4S. The number of ether oxygens (including phenoxy) is 1. The lowest BCUT2D eigenvalue weighted by atomic mass is 10.4. The van der Waals surface area contributed by atoms with E-state index < -0.39 is 10.0 Å². The van der Waals surface area contributed by atoms with Crippen molar-refractivity contribution in [2.75, 3.05) is 26.3 Å². The molecule has 2 saturated carbocycles. The smallest absolute Gasteiger partial charge is 0.243 e. The van der Waals surface area contributed by atoms with Crippen LogP contribution in [0.1, 0.15) is 46.0 Å². The van der Waals surface area contributed by atoms with Crippen molar-refractivity contribution >= 4 is 27.9 Å². The zero-order chi connectivity index (χ0) is 19.4. The average Bonchev–Trinajstić information content (AvgIpc) is 3.57. The Bertz CT molecular complexity index is 604. The first-order valence-electron chi connectivity index (χ1n) is 9.33. The van der Waals surface area contributed by atoms with Crippen LogP contribution >= 0.6 is 11.6 Å². The average molecular weight is 404 g/mol. The molecule has 1 aliphatic heterocycles. The molecular weight excluding hydrogens is 374 g/mol. The molecule has 26 heavy (non-hydrogen) atoms. The van der Waals surface area contributed by atoms with Crippen molar-refractivity contribution in [1.29, 1.82) is 0 Å². The Hall–Kier alpha value is -0.950. The van der Waals surface area contributed by atoms with Crippen LogP contribution in [-0.2, 0) is 19.6 Å². The molecule has 148 valence electrons. The van der Waals surface area contributed by atoms with Gasteiger partial charge < -0.3 is 9.53 Å². The van der Waals surface area contributed by atoms with Crippen molar-refractivity contribution in [3.8, 4) is 0 Å². The predicted molar refractivity (Wildman–Crippen MR) is 105 cm³/mol. The van der Waals surface area contributed by atoms with Gasteiger partial charge in [-0.1, -0.05) is 44.7 Å². The highest BCUT2D eigenvalue weighted by atomic mass is 35.5. The summed E-state index contributed by atoms with van der Waals surface area (Å²) >= 11 is 5.72. The van der Waals surface area contributed by atoms with E-state index in [1.165, 1.54) is 35.7 Å². The maximum atomic E-state index is 12.1. The highest BCUT2D eigenvalue weighted by molar-refractivity contribution is 7.89. The van der Waals surface area contributed by atoms with Crippen molar-refractivity contribution in [2.24, 2.45) is 5.92 Å². The van der Waals surface area contributed by atoms with Gasteiger partial charge in [0.05, 0.1) is 18.1 Å². The predicted octanol–water partition coefficient (Wildman–Crippen LogP) is 4.15. The summed E-state index contributed by atoms with van der Waals surface area (Å²) in [5.41, 5.74) is 0. The third-order valence-electron chi connectivity index (χ3n) is 3.59. The fourth-order valence-corrected chi connectivity index (χ4v) is 3.31. The summed E-state index contributed by atoms with van der Waals surface area (Å²) in [4.78, 5) is 9.84. The third kappa shape index (κ3) is 9.12. The lowest BCUT2D eigenvalue weighted by Gasteiger charge is -2.25. The van der Waals surface area contributed by atoms with Gasteiger partial charge in [-0.25, -0.2) is 8.42 Å². The third-order valence-corrected chi connectivity index (χ3v) is 5.75. The molecule has 4 rings (SSSR count). The normalized spacial score (nSPS) is 18.7. The van der Waals surface area contributed by atoms with E-state index in [4.69, 9.17) is 16.3 Å². The zero-order valence-electron chi connectivity index (χ0n) is 15.7. The summed E-state index contributed by atoms with van der Waals surface area (Å²) in [6.45, 7) is 5.72. The molecule has 1 aromatic carbocycles. The van der Waals surface area contributed by atoms with Gasteiger partial charge in [-0.15, -0.1) is 0 Å². The van der Waals surface area contributed by atoms with Gasteiger partial charge in [0.15, 0.2) is 0 Å². The van der Waals surface area contributed by atoms with Gasteiger partial charge in [0, 0.05) is 24.0 Å². The minimum atomic E-state index is -3.38. The minimum absolute atomic E-state index is 0.277. The summed E-state index contributed by atoms with van der Waals surface area (Å²) in [5.74, 6) is 0.454. The van der Waals surface area contributed by atoms with E-state index in [9.17, 15) is 13.2 Å². The first-order chi connectivity index (χ1) is 12.5. The van der Waals surface area contributed by atoms with E-state index in [1.54, 1.807) is 12.1 Å². The molecule has 2 aliphatic carbocycles. The van der Waals surface area contributed by atoms with Gasteiger partial charge in [-0.2, -0.15) is 4.31 Å². The molecule has 1 saturated heterocycles. The fraction of sp³-hybridized carbons (Fsp3) is 0.632. The molecule has 3 aliphatic rings. The molecule has 5 nitrogen and oxygen atoms in total. The van der Waals surface area contributed by atoms with Crippen molar-refractivity contribution in [3.05, 3.63) is 29.3 Å². The van der Waals surface area contributed by atoms with Crippen LogP contribution in [0.5, 0.6) is 0 Å². The van der Waals surface area contributed by atoms with Gasteiger partial charge in [0.25, 0.3) is 0 Å². The fourth-order valence-electron chi connectivity index (χ4n) is 1.77. The van der Waals surface area contributed by atoms with Crippen molar-refractivity contribution in [2.45, 2.75) is 50.8 Å². The first kappa shape index (κ1) is 23.1. The number of halogens is 1. The molecule has 0 spiro atoms. The monoisotopic (exact) mass is 403 g/mol. The molecule has 0 unspecified atom stereocenters. The standard InChI is InChI=1S/C10H12ClNO3S.C4H6O.C3H6.C2H6/c11-9-1-3-10(4-2-9)16(13,14)12-5-7-15-8-6-12;5-3-4-1-2-4;1-2-3-1;1-2/h1-4H,5-8H2;3-4H,1-2H2;1-3H2;1-2H3. The number of sulfonamides is 1. The Morgan fingerprint density at radius 3 is 1.88 bits per heavy atom. The van der Waals surface area contributed by atoms with E-state index in [-0.39, 0.29) is 4.90 Å². The quantitative estimate of drug-likeness (QED) is 0.711. The van der Waals surface area contributed by atoms with Crippen molar-refractivity contribution < 1.29 is 17.9 Å². The Kier molecular flexibility index (Phi) is 11.0. The van der Waals surface area contributed by atoms with E-state index in [2.05, 4.69) is 0 Å². The van der Waals surface area contributed by atoms with Crippen molar-refractivity contribution in [1.82, 2.24) is 4.31 Å². The minimum Gasteiger partial charge on any atom is -0.379 e. The summed E-state index contributed by atoms with van der Waals surface area (Å²) in [6.07, 6.45) is 7.81. The van der Waals surface area contributed by atoms with Gasteiger partial charge in [-0.3, -0.25) is 0 Å². The number of carbonyl (C=O) groups is 1. The molecule has 0 bridgehead atoms. The number of rotatable bonds is 3. The summed E-state index contributed by atoms with van der Waals surface area (Å²) in [5, 5.41) is 0.529. The largest absolute Gasteiger partial charge is 0.379 e. The van der Waals surface area contributed by atoms with Crippen LogP contribution in [0, 0.1) is 5.92 Å². The molecule has 0 amide bonds. The highest BCUT2D eigenvalue weighted by Gasteiger charge is 2.25. The number of hydrogen-bond donors (Lipinski definition) is 0. The second kappa shape index (κ2) is 12.4. The SMILES string of the molecule is C1CC1.CC.O=CC1CC1.O=S(=O)(c1ccc(Cl)cc1)N1CCOCC1. The Labute approximate surface area is 162 Å². The summed E-state index contributed by atoms with van der Waals surface area (Å²) < 4.78 is 30.8. The summed E-state index contributed by atoms with van der Waals surface area (Å²) in [6, 6.07) is 6.20. The van der Waals surface area contributed by atoms with E-state index >= 15 is 0 Å². The van der Waals surface area contributed by atoms with Crippen LogP contribution in [-0.4, -0.2) is 45.3 Å². The second-order valence-electron chi connectivity index (χ2n) is 6.00. The van der Waals surface area contributed by atoms with Gasteiger partial charge in [0.1, 0.15) is 6.29 Å². The number of morpholine rings is 1. The van der Waals surface area contributed by atoms with Crippen molar-refractivity contribution in [3.63, 3.8) is 0 Å². The first-order valence-corrected chi connectivity index (χ1v) is 11.1. The van der Waals surface area contributed by atoms with Crippen LogP contribution in [0.4, 0.5) is 0 Å². The Morgan fingerprint density at radius 1 is 1.04 bits per heavy atom. The van der Waals surface area contributed by atoms with E-state index in [0.717, 1.165) is 19.1 Å². The topological polar surface area (TPSA) is 63.7 Å². The number of nitrogens with zero attached hydrogens (tertiary/aromatic N) is 1. The molecule has 1 heterocycles. The number of benzene rings is 1. The van der Waals surface area contributed by atoms with E-state index in [0.29, 0.717) is 37.2 Å². The maximum absolute atomic E-state index is 12.1. The molecule has 0 atom stereocenters. The van der Waals surface area contributed by atoms with Crippen LogP contribution in [0.2, 0.25) is 5.02 Å². The summed E-state index contributed by atoms with van der Waals surface area (Å²) in [7, 11) is -3.38. The number of hydrogen-bond acceptors (Lipinski definition) is 4. The van der Waals surface area contributed by atoms with Crippen LogP contribution in [0.15, 0.2) is 29.2 Å². The van der Waals surface area contributed by atoms with Gasteiger partial charge in [-0.05, 0) is 37.1 Å². The molecule has 0 N–H and O–H groups in total. The number of aldehydes is 1. The number of carbonyl (C=O) groups excluding carboxylic acids is 1. The Balaban J connectivity index is 0.000000274. The maximum Gasteiger partial charge on any atom is 0.243 e. The Morgan fingerprint density at radius 2 is 1.54 bits per heavy atom. The second-order valence-corrected chi connectivity index (χ2v) is 8.38. The molecule has 0 radical (unpaired) electrons. The molecule has 7 heteroatoms. The molecule has 1 aromatic rings. The van der Waals surface area contributed by atoms with Crippen LogP contribution < -0.4 is 0 Å². The lowest BCUT2D eigenvalue weighted by Crippen LogP contribution is -2.40. The molecule has 3 fully saturated rings. The van der Waals surface area contributed by atoms with Gasteiger partial charge >= 0.3 is 0 Å². The van der Waals surface area contributed by atoms with Crippen LogP contribution in [0.25, 0.3) is 0 Å². The van der Waals surface area contributed by atoms with Crippen LogP contribution in [0.3, 0.4) is 0 Å². The lowest BCUT2D eigenvalue weighted by molar-refractivity contribution is -0.108. The highest BCUT2D eigenvalue weighted by Crippen LogP contribution is 2.25. The van der Waals surface area contributed by atoms with Gasteiger partial charge in [0.2, 0.25) is 10.0 Å². The van der Waals surface area contributed by atoms with E-state index in [1.807, 2.05) is 13.8 Å². The zero-order valence-corrected chi connectivity index (χ0v) is 17.3. The molecule has 0 aromatic heterocycles.